The second-order valence-electron chi connectivity index (χ2n) is 5.09. The van der Waals surface area contributed by atoms with Gasteiger partial charge in [0.25, 0.3) is 0 Å². The Morgan fingerprint density at radius 3 is 2.95 bits per heavy atom. The van der Waals surface area contributed by atoms with Gasteiger partial charge < -0.3 is 10.5 Å². The van der Waals surface area contributed by atoms with Crippen molar-refractivity contribution in [3.8, 4) is 0 Å². The quantitative estimate of drug-likeness (QED) is 0.861. The Balaban J connectivity index is 2.22. The van der Waals surface area contributed by atoms with Crippen LogP contribution in [0.15, 0.2) is 18.2 Å². The van der Waals surface area contributed by atoms with Crippen LogP contribution >= 0.6 is 12.2 Å². The smallest absolute Gasteiger partial charge is 0.123 e. The van der Waals surface area contributed by atoms with Crippen molar-refractivity contribution in [3.05, 3.63) is 35.1 Å². The molecule has 0 bridgehead atoms. The van der Waals surface area contributed by atoms with E-state index in [0.29, 0.717) is 24.2 Å². The monoisotopic (exact) mass is 282 g/mol. The van der Waals surface area contributed by atoms with Crippen LogP contribution in [-0.2, 0) is 11.3 Å². The van der Waals surface area contributed by atoms with E-state index in [0.717, 1.165) is 17.7 Å². The molecular weight excluding hydrogens is 263 g/mol. The van der Waals surface area contributed by atoms with Gasteiger partial charge in [0.1, 0.15) is 10.8 Å². The van der Waals surface area contributed by atoms with Gasteiger partial charge in [-0.2, -0.15) is 0 Å². The third-order valence-electron chi connectivity index (χ3n) is 3.44. The zero-order valence-corrected chi connectivity index (χ0v) is 12.0. The van der Waals surface area contributed by atoms with Crippen LogP contribution < -0.4 is 5.73 Å². The van der Waals surface area contributed by atoms with E-state index in [2.05, 4.69) is 11.8 Å². The molecule has 3 nitrogen and oxygen atoms in total. The molecular formula is C14H19FN2OS. The summed E-state index contributed by atoms with van der Waals surface area (Å²) in [6.07, 6.45) is 0.193. The molecule has 5 heteroatoms. The van der Waals surface area contributed by atoms with Crippen LogP contribution in [0.1, 0.15) is 25.0 Å². The van der Waals surface area contributed by atoms with Gasteiger partial charge in [0.15, 0.2) is 0 Å². The molecule has 0 radical (unpaired) electrons. The summed E-state index contributed by atoms with van der Waals surface area (Å²) in [5, 5.41) is 0. The summed E-state index contributed by atoms with van der Waals surface area (Å²) in [4.78, 5) is 2.58. The highest BCUT2D eigenvalue weighted by molar-refractivity contribution is 7.80. The van der Waals surface area contributed by atoms with Crippen molar-refractivity contribution in [2.75, 3.05) is 13.2 Å². The molecule has 1 heterocycles. The molecule has 1 aliphatic heterocycles. The summed E-state index contributed by atoms with van der Waals surface area (Å²) < 4.78 is 19.0. The molecule has 104 valence electrons. The first kappa shape index (κ1) is 14.4. The topological polar surface area (TPSA) is 38.5 Å². The summed E-state index contributed by atoms with van der Waals surface area (Å²) in [6.45, 7) is 6.30. The second-order valence-corrected chi connectivity index (χ2v) is 5.53. The molecule has 2 N–H and O–H groups in total. The SMILES string of the molecule is CC1CN(Cc2cc(F)ccc2C(N)=S)C(C)CO1. The zero-order chi connectivity index (χ0) is 14.0. The highest BCUT2D eigenvalue weighted by Gasteiger charge is 2.24. The third-order valence-corrected chi connectivity index (χ3v) is 3.66. The minimum absolute atomic E-state index is 0.193. The van der Waals surface area contributed by atoms with Gasteiger partial charge in [-0.1, -0.05) is 12.2 Å². The molecule has 1 aromatic rings. The lowest BCUT2D eigenvalue weighted by Gasteiger charge is -2.37. The number of nitrogens with zero attached hydrogens (tertiary/aromatic N) is 1. The van der Waals surface area contributed by atoms with Gasteiger partial charge in [-0.3, -0.25) is 4.90 Å². The molecule has 0 amide bonds. The highest BCUT2D eigenvalue weighted by atomic mass is 32.1. The summed E-state index contributed by atoms with van der Waals surface area (Å²) in [7, 11) is 0. The van der Waals surface area contributed by atoms with Crippen LogP contribution in [0.3, 0.4) is 0 Å². The van der Waals surface area contributed by atoms with Crippen molar-refractivity contribution in [1.29, 1.82) is 0 Å². The van der Waals surface area contributed by atoms with E-state index >= 15 is 0 Å². The Labute approximate surface area is 118 Å². The summed E-state index contributed by atoms with van der Waals surface area (Å²) in [5.74, 6) is -0.260. The molecule has 1 aromatic carbocycles. The maximum Gasteiger partial charge on any atom is 0.123 e. The van der Waals surface area contributed by atoms with Gasteiger partial charge in [-0.05, 0) is 37.6 Å². The summed E-state index contributed by atoms with van der Waals surface area (Å²) >= 11 is 5.03. The van der Waals surface area contributed by atoms with E-state index in [4.69, 9.17) is 22.7 Å². The molecule has 2 rings (SSSR count). The minimum atomic E-state index is -0.260. The molecule has 1 aliphatic rings. The van der Waals surface area contributed by atoms with Gasteiger partial charge in [0.05, 0.1) is 12.7 Å². The maximum atomic E-state index is 13.4. The van der Waals surface area contributed by atoms with Crippen LogP contribution in [0.4, 0.5) is 4.39 Å². The van der Waals surface area contributed by atoms with Crippen LogP contribution in [0.2, 0.25) is 0 Å². The lowest BCUT2D eigenvalue weighted by atomic mass is 10.1. The Bertz CT molecular complexity index is 481. The largest absolute Gasteiger partial charge is 0.389 e. The molecule has 1 fully saturated rings. The molecule has 19 heavy (non-hydrogen) atoms. The van der Waals surface area contributed by atoms with E-state index in [9.17, 15) is 4.39 Å². The molecule has 0 saturated carbocycles. The number of ether oxygens (including phenoxy) is 1. The predicted octanol–water partition coefficient (Wildman–Crippen LogP) is 2.07. The molecule has 2 unspecified atom stereocenters. The number of hydrogen-bond acceptors (Lipinski definition) is 3. The number of morpholine rings is 1. The van der Waals surface area contributed by atoms with Gasteiger partial charge >= 0.3 is 0 Å². The van der Waals surface area contributed by atoms with Gasteiger partial charge in [-0.15, -0.1) is 0 Å². The normalized spacial score (nSPS) is 24.4. The number of hydrogen-bond donors (Lipinski definition) is 1. The van der Waals surface area contributed by atoms with Crippen molar-refractivity contribution in [2.45, 2.75) is 32.5 Å². The van der Waals surface area contributed by atoms with E-state index < -0.39 is 0 Å². The fourth-order valence-electron chi connectivity index (χ4n) is 2.34. The van der Waals surface area contributed by atoms with Crippen molar-refractivity contribution >= 4 is 17.2 Å². The Kier molecular flexibility index (Phi) is 4.50. The standard InChI is InChI=1S/C14H19FN2OS/c1-9-8-18-10(2)6-17(9)7-11-5-12(15)3-4-13(11)14(16)19/h3-5,9-10H,6-8H2,1-2H3,(H2,16,19). The number of rotatable bonds is 3. The second kappa shape index (κ2) is 5.94. The van der Waals surface area contributed by atoms with E-state index in [1.54, 1.807) is 6.07 Å². The molecule has 0 aliphatic carbocycles. The van der Waals surface area contributed by atoms with Crippen molar-refractivity contribution < 1.29 is 9.13 Å². The number of benzene rings is 1. The Hall–Kier alpha value is -1.04. The van der Waals surface area contributed by atoms with E-state index in [-0.39, 0.29) is 11.9 Å². The lowest BCUT2D eigenvalue weighted by Crippen LogP contribution is -2.46. The molecule has 2 atom stereocenters. The number of thiocarbonyl (C=S) groups is 1. The number of halogens is 1. The first-order valence-electron chi connectivity index (χ1n) is 6.41. The molecule has 0 spiro atoms. The minimum Gasteiger partial charge on any atom is -0.389 e. The van der Waals surface area contributed by atoms with Gasteiger partial charge in [0, 0.05) is 24.7 Å². The van der Waals surface area contributed by atoms with Gasteiger partial charge in [0.2, 0.25) is 0 Å². The fourth-order valence-corrected chi connectivity index (χ4v) is 2.54. The first-order valence-corrected chi connectivity index (χ1v) is 6.82. The van der Waals surface area contributed by atoms with Crippen molar-refractivity contribution in [3.63, 3.8) is 0 Å². The third kappa shape index (κ3) is 3.49. The Morgan fingerprint density at radius 2 is 2.26 bits per heavy atom. The first-order chi connectivity index (χ1) is 8.97. The van der Waals surface area contributed by atoms with E-state index in [1.165, 1.54) is 12.1 Å². The van der Waals surface area contributed by atoms with Crippen LogP contribution in [0, 0.1) is 5.82 Å². The highest BCUT2D eigenvalue weighted by Crippen LogP contribution is 2.19. The van der Waals surface area contributed by atoms with Crippen LogP contribution in [0.5, 0.6) is 0 Å². The molecule has 1 saturated heterocycles. The van der Waals surface area contributed by atoms with Crippen molar-refractivity contribution in [2.24, 2.45) is 5.73 Å². The average molecular weight is 282 g/mol. The number of nitrogens with two attached hydrogens (primary N) is 1. The lowest BCUT2D eigenvalue weighted by molar-refractivity contribution is -0.0527. The summed E-state index contributed by atoms with van der Waals surface area (Å²) in [5.41, 5.74) is 7.29. The average Bonchev–Trinajstić information content (AvgIpc) is 2.33. The van der Waals surface area contributed by atoms with Crippen molar-refractivity contribution in [1.82, 2.24) is 4.90 Å². The predicted molar refractivity (Wildman–Crippen MR) is 77.6 cm³/mol. The van der Waals surface area contributed by atoms with Gasteiger partial charge in [-0.25, -0.2) is 4.39 Å². The van der Waals surface area contributed by atoms with Crippen LogP contribution in [-0.4, -0.2) is 35.2 Å². The van der Waals surface area contributed by atoms with Crippen LogP contribution in [0.25, 0.3) is 0 Å². The maximum absolute atomic E-state index is 13.4. The summed E-state index contributed by atoms with van der Waals surface area (Å²) in [6, 6.07) is 4.87. The Morgan fingerprint density at radius 1 is 1.53 bits per heavy atom. The van der Waals surface area contributed by atoms with E-state index in [1.807, 2.05) is 6.92 Å². The molecule has 0 aromatic heterocycles. The fraction of sp³-hybridized carbons (Fsp3) is 0.500. The zero-order valence-electron chi connectivity index (χ0n) is 11.2.